The van der Waals surface area contributed by atoms with Gasteiger partial charge in [0.2, 0.25) is 11.8 Å². The van der Waals surface area contributed by atoms with Crippen LogP contribution in [0, 0.1) is 0 Å². The van der Waals surface area contributed by atoms with Crippen LogP contribution >= 0.6 is 0 Å². The van der Waals surface area contributed by atoms with Gasteiger partial charge in [-0.15, -0.1) is 0 Å². The number of aromatic amines is 1. The highest BCUT2D eigenvalue weighted by atomic mass is 16.5. The van der Waals surface area contributed by atoms with Gasteiger partial charge in [0.25, 0.3) is 5.91 Å². The molecule has 5 N–H and O–H groups in total. The normalized spacial score (nSPS) is 16.6. The number of para-hydroxylation sites is 2. The van der Waals surface area contributed by atoms with E-state index in [4.69, 9.17) is 4.74 Å². The van der Waals surface area contributed by atoms with E-state index in [0.717, 1.165) is 34.0 Å². The van der Waals surface area contributed by atoms with Crippen molar-refractivity contribution in [1.29, 1.82) is 0 Å². The van der Waals surface area contributed by atoms with Gasteiger partial charge in [0, 0.05) is 48.1 Å². The van der Waals surface area contributed by atoms with Crippen molar-refractivity contribution in [1.82, 2.24) is 20.9 Å². The first-order valence-electron chi connectivity index (χ1n) is 17.0. The Morgan fingerprint density at radius 2 is 1.53 bits per heavy atom. The maximum atomic E-state index is 14.1. The molecule has 0 aliphatic carbocycles. The van der Waals surface area contributed by atoms with Crippen LogP contribution in [0.25, 0.3) is 10.9 Å². The predicted octanol–water partition coefficient (Wildman–Crippen LogP) is 5.55. The lowest BCUT2D eigenvalue weighted by atomic mass is 9.84. The number of fused-ring (bicyclic) bond motifs is 1. The monoisotopic (exact) mass is 657 g/mol. The van der Waals surface area contributed by atoms with E-state index in [0.29, 0.717) is 37.5 Å². The summed E-state index contributed by atoms with van der Waals surface area (Å²) in [6.45, 7) is 3.38. The van der Waals surface area contributed by atoms with Gasteiger partial charge in [0.15, 0.2) is 0 Å². The first-order chi connectivity index (χ1) is 24.0. The molecule has 1 aliphatic heterocycles. The van der Waals surface area contributed by atoms with E-state index < -0.39 is 6.04 Å². The van der Waals surface area contributed by atoms with Gasteiger partial charge in [-0.25, -0.2) is 0 Å². The minimum atomic E-state index is -0.829. The van der Waals surface area contributed by atoms with Gasteiger partial charge >= 0.3 is 0 Å². The molecule has 3 atom stereocenters. The molecule has 0 saturated carbocycles. The Morgan fingerprint density at radius 1 is 0.857 bits per heavy atom. The summed E-state index contributed by atoms with van der Waals surface area (Å²) < 4.78 is 6.19. The molecule has 3 amide bonds. The lowest BCUT2D eigenvalue weighted by Crippen LogP contribution is -2.51. The third-order valence-electron chi connectivity index (χ3n) is 9.03. The number of benzene rings is 4. The number of ether oxygens (including phenoxy) is 1. The molecule has 2 heterocycles. The second-order valence-electron chi connectivity index (χ2n) is 12.4. The summed E-state index contributed by atoms with van der Waals surface area (Å²) >= 11 is 0. The average Bonchev–Trinajstić information content (AvgIpc) is 3.59. The smallest absolute Gasteiger partial charge is 0.267 e. The topological polar surface area (TPSA) is 124 Å². The lowest BCUT2D eigenvalue weighted by molar-refractivity contribution is -0.126. The summed E-state index contributed by atoms with van der Waals surface area (Å²) in [6, 6.07) is 36.3. The molecule has 0 spiro atoms. The van der Waals surface area contributed by atoms with Gasteiger partial charge in [-0.1, -0.05) is 104 Å². The maximum absolute atomic E-state index is 14.1. The molecule has 9 heteroatoms. The summed E-state index contributed by atoms with van der Waals surface area (Å²) in [5, 5.41) is 13.7. The highest BCUT2D eigenvalue weighted by Crippen LogP contribution is 2.30. The van der Waals surface area contributed by atoms with Crippen LogP contribution in [-0.4, -0.2) is 60.6 Å². The van der Waals surface area contributed by atoms with Crippen LogP contribution in [0.3, 0.4) is 0 Å². The Hall–Kier alpha value is -5.25. The van der Waals surface area contributed by atoms with E-state index in [1.807, 2.05) is 115 Å². The van der Waals surface area contributed by atoms with Crippen molar-refractivity contribution in [3.63, 3.8) is 0 Å². The van der Waals surface area contributed by atoms with E-state index in [2.05, 4.69) is 26.3 Å². The van der Waals surface area contributed by atoms with E-state index in [-0.39, 0.29) is 42.2 Å². The SMILES string of the molecule is CCC(=O)NC(C(=O)Nc1ccccc1CC[C@@H]1CN[C@H](CNC(=O)c2cc3ccccc3[nH]2)CO1)C(c1ccccc1)c1ccccc1. The number of H-pyrrole nitrogens is 1. The number of aromatic nitrogens is 1. The van der Waals surface area contributed by atoms with Gasteiger partial charge in [-0.05, 0) is 47.7 Å². The van der Waals surface area contributed by atoms with E-state index in [1.54, 1.807) is 6.92 Å². The van der Waals surface area contributed by atoms with Crippen molar-refractivity contribution in [3.8, 4) is 0 Å². The summed E-state index contributed by atoms with van der Waals surface area (Å²) in [7, 11) is 0. The molecule has 252 valence electrons. The van der Waals surface area contributed by atoms with Crippen molar-refractivity contribution < 1.29 is 19.1 Å². The van der Waals surface area contributed by atoms with Crippen LogP contribution in [0.15, 0.2) is 115 Å². The van der Waals surface area contributed by atoms with Gasteiger partial charge < -0.3 is 31.0 Å². The highest BCUT2D eigenvalue weighted by molar-refractivity contribution is 5.99. The Morgan fingerprint density at radius 3 is 2.20 bits per heavy atom. The molecule has 1 fully saturated rings. The molecular formula is C40H43N5O4. The number of carbonyl (C=O) groups is 3. The van der Waals surface area contributed by atoms with Crippen LogP contribution in [0.4, 0.5) is 5.69 Å². The number of morpholine rings is 1. The number of aryl methyl sites for hydroxylation is 1. The number of hydrogen-bond acceptors (Lipinski definition) is 5. The van der Waals surface area contributed by atoms with Gasteiger partial charge in [-0.2, -0.15) is 0 Å². The molecule has 4 aromatic carbocycles. The fourth-order valence-corrected chi connectivity index (χ4v) is 6.35. The molecule has 0 bridgehead atoms. The van der Waals surface area contributed by atoms with E-state index in [9.17, 15) is 14.4 Å². The molecule has 1 unspecified atom stereocenters. The highest BCUT2D eigenvalue weighted by Gasteiger charge is 2.32. The van der Waals surface area contributed by atoms with Crippen molar-refractivity contribution in [3.05, 3.63) is 138 Å². The van der Waals surface area contributed by atoms with E-state index in [1.165, 1.54) is 0 Å². The minimum Gasteiger partial charge on any atom is -0.375 e. The number of amides is 3. The summed E-state index contributed by atoms with van der Waals surface area (Å²) in [5.41, 5.74) is 5.05. The van der Waals surface area contributed by atoms with Crippen LogP contribution in [0.2, 0.25) is 0 Å². The average molecular weight is 658 g/mol. The minimum absolute atomic E-state index is 0.00796. The molecule has 9 nitrogen and oxygen atoms in total. The largest absolute Gasteiger partial charge is 0.375 e. The Bertz CT molecular complexity index is 1780. The molecule has 49 heavy (non-hydrogen) atoms. The molecule has 5 aromatic rings. The zero-order chi connectivity index (χ0) is 34.0. The second-order valence-corrected chi connectivity index (χ2v) is 12.4. The molecular weight excluding hydrogens is 614 g/mol. The first kappa shape index (κ1) is 33.6. The molecule has 1 aromatic heterocycles. The fraction of sp³-hybridized carbons (Fsp3) is 0.275. The van der Waals surface area contributed by atoms with Crippen LogP contribution < -0.4 is 21.3 Å². The van der Waals surface area contributed by atoms with Gasteiger partial charge in [0.05, 0.1) is 12.7 Å². The number of nitrogens with one attached hydrogen (secondary N) is 5. The van der Waals surface area contributed by atoms with Crippen LogP contribution in [0.5, 0.6) is 0 Å². The summed E-state index contributed by atoms with van der Waals surface area (Å²) in [5.74, 6) is -0.996. The Balaban J connectivity index is 1.06. The van der Waals surface area contributed by atoms with E-state index >= 15 is 0 Å². The first-order valence-corrected chi connectivity index (χ1v) is 17.0. The fourth-order valence-electron chi connectivity index (χ4n) is 6.35. The number of hydrogen-bond donors (Lipinski definition) is 5. The Kier molecular flexibility index (Phi) is 11.1. The van der Waals surface area contributed by atoms with Crippen molar-refractivity contribution in [2.75, 3.05) is 25.0 Å². The quantitative estimate of drug-likeness (QED) is 0.114. The third-order valence-corrected chi connectivity index (χ3v) is 9.03. The van der Waals surface area contributed by atoms with Crippen molar-refractivity contribution in [2.24, 2.45) is 0 Å². The van der Waals surface area contributed by atoms with Gasteiger partial charge in [0.1, 0.15) is 11.7 Å². The summed E-state index contributed by atoms with van der Waals surface area (Å²) in [6.07, 6.45) is 1.70. The van der Waals surface area contributed by atoms with Crippen LogP contribution in [0.1, 0.15) is 52.9 Å². The maximum Gasteiger partial charge on any atom is 0.267 e. The molecule has 6 rings (SSSR count). The third kappa shape index (κ3) is 8.62. The van der Waals surface area contributed by atoms with Crippen molar-refractivity contribution in [2.45, 2.75) is 50.3 Å². The standard InChI is InChI=1S/C40H43N5O4/c1-2-36(46)45-38(37(28-14-5-3-6-15-28)29-16-7-4-8-17-29)40(48)44-33-19-11-9-13-27(33)21-22-32-25-41-31(26-49-32)24-42-39(47)35-23-30-18-10-12-20-34(30)43-35/h3-20,23,31-32,37-38,41,43H,2,21-22,24-26H2,1H3,(H,42,47)(H,44,48)(H,45,46)/t31-,32-,38?/m1/s1. The van der Waals surface area contributed by atoms with Gasteiger partial charge in [-0.3, -0.25) is 14.4 Å². The predicted molar refractivity (Wildman–Crippen MR) is 193 cm³/mol. The zero-order valence-corrected chi connectivity index (χ0v) is 27.7. The zero-order valence-electron chi connectivity index (χ0n) is 27.7. The summed E-state index contributed by atoms with van der Waals surface area (Å²) in [4.78, 5) is 42.7. The lowest BCUT2D eigenvalue weighted by Gasteiger charge is -2.31. The molecule has 0 radical (unpaired) electrons. The molecule has 1 aliphatic rings. The second kappa shape index (κ2) is 16.2. The Labute approximate surface area is 286 Å². The number of anilines is 1. The number of carbonyl (C=O) groups excluding carboxylic acids is 3. The number of rotatable bonds is 13. The van der Waals surface area contributed by atoms with Crippen molar-refractivity contribution >= 4 is 34.3 Å². The molecule has 1 saturated heterocycles. The van der Waals surface area contributed by atoms with Crippen LogP contribution in [-0.2, 0) is 20.7 Å².